The lowest BCUT2D eigenvalue weighted by atomic mass is 9.98. The molecule has 2 rings (SSSR count). The zero-order valence-corrected chi connectivity index (χ0v) is 14.1. The number of hydrogen-bond acceptors (Lipinski definition) is 3. The Morgan fingerprint density at radius 2 is 1.81 bits per heavy atom. The molecule has 0 bridgehead atoms. The average molecular weight is 290 g/mol. The molecule has 1 aliphatic heterocycles. The van der Waals surface area contributed by atoms with E-state index in [1.807, 2.05) is 0 Å². The van der Waals surface area contributed by atoms with Crippen LogP contribution in [-0.2, 0) is 4.74 Å². The largest absolute Gasteiger partial charge is 0.370 e. The molecule has 2 atom stereocenters. The Hall–Kier alpha value is -0.900. The molecule has 1 aromatic rings. The van der Waals surface area contributed by atoms with E-state index in [-0.39, 0.29) is 17.7 Å². The third-order valence-electron chi connectivity index (χ3n) is 4.13. The summed E-state index contributed by atoms with van der Waals surface area (Å²) >= 11 is 0. The fourth-order valence-electron chi connectivity index (χ4n) is 3.24. The minimum Gasteiger partial charge on any atom is -0.370 e. The molecule has 3 heteroatoms. The monoisotopic (exact) mass is 290 g/mol. The molecule has 0 aromatic heterocycles. The van der Waals surface area contributed by atoms with E-state index in [2.05, 4.69) is 63.8 Å². The summed E-state index contributed by atoms with van der Waals surface area (Å²) in [4.78, 5) is 2.43. The number of morpholine rings is 1. The van der Waals surface area contributed by atoms with Crippen LogP contribution in [0.25, 0.3) is 0 Å². The number of nitrogens with zero attached hydrogens (tertiary/aromatic N) is 1. The van der Waals surface area contributed by atoms with Gasteiger partial charge in [0.15, 0.2) is 0 Å². The molecular weight excluding hydrogens is 260 g/mol. The summed E-state index contributed by atoms with van der Waals surface area (Å²) in [5, 5.41) is 0. The van der Waals surface area contributed by atoms with Gasteiger partial charge in [-0.15, -0.1) is 0 Å². The molecular formula is C18H30N2O. The second-order valence-corrected chi connectivity index (χ2v) is 7.31. The molecule has 0 aliphatic carbocycles. The average Bonchev–Trinajstić information content (AvgIpc) is 2.36. The van der Waals surface area contributed by atoms with Crippen LogP contribution < -0.4 is 5.73 Å². The second-order valence-electron chi connectivity index (χ2n) is 7.31. The summed E-state index contributed by atoms with van der Waals surface area (Å²) in [6.07, 6.45) is 0.268. The molecule has 0 saturated carbocycles. The van der Waals surface area contributed by atoms with Gasteiger partial charge in [0.2, 0.25) is 0 Å². The first kappa shape index (κ1) is 16.5. The van der Waals surface area contributed by atoms with Gasteiger partial charge in [-0.1, -0.05) is 38.1 Å². The maximum absolute atomic E-state index is 6.40. The lowest BCUT2D eigenvalue weighted by Crippen LogP contribution is -2.53. The van der Waals surface area contributed by atoms with Gasteiger partial charge in [0, 0.05) is 25.7 Å². The summed E-state index contributed by atoms with van der Waals surface area (Å²) in [6.45, 7) is 13.7. The summed E-state index contributed by atoms with van der Waals surface area (Å²) in [6, 6.07) is 8.81. The van der Waals surface area contributed by atoms with Gasteiger partial charge in [-0.05, 0) is 37.8 Å². The molecule has 1 heterocycles. The molecule has 1 fully saturated rings. The van der Waals surface area contributed by atoms with Gasteiger partial charge in [-0.25, -0.2) is 0 Å². The van der Waals surface area contributed by atoms with Crippen molar-refractivity contribution in [2.24, 2.45) is 5.73 Å². The molecule has 2 unspecified atom stereocenters. The Bertz CT molecular complexity index is 453. The molecule has 0 spiro atoms. The maximum Gasteiger partial charge on any atom is 0.0757 e. The van der Waals surface area contributed by atoms with Crippen molar-refractivity contribution in [2.45, 2.75) is 58.3 Å². The quantitative estimate of drug-likeness (QED) is 0.924. The lowest BCUT2D eigenvalue weighted by molar-refractivity contribution is -0.129. The van der Waals surface area contributed by atoms with E-state index in [4.69, 9.17) is 10.5 Å². The third-order valence-corrected chi connectivity index (χ3v) is 4.13. The highest BCUT2D eigenvalue weighted by molar-refractivity contribution is 5.26. The summed E-state index contributed by atoms with van der Waals surface area (Å²) in [5.74, 6) is 0.566. The van der Waals surface area contributed by atoms with E-state index < -0.39 is 0 Å². The molecule has 1 saturated heterocycles. The highest BCUT2D eigenvalue weighted by atomic mass is 16.5. The van der Waals surface area contributed by atoms with Crippen LogP contribution >= 0.6 is 0 Å². The van der Waals surface area contributed by atoms with Crippen molar-refractivity contribution >= 4 is 0 Å². The maximum atomic E-state index is 6.40. The highest BCUT2D eigenvalue weighted by Crippen LogP contribution is 2.23. The van der Waals surface area contributed by atoms with Crippen LogP contribution in [-0.4, -0.2) is 36.2 Å². The van der Waals surface area contributed by atoms with Gasteiger partial charge in [0.05, 0.1) is 11.7 Å². The first-order valence-electron chi connectivity index (χ1n) is 8.02. The molecule has 21 heavy (non-hydrogen) atoms. The predicted molar refractivity (Wildman–Crippen MR) is 88.5 cm³/mol. The molecule has 3 nitrogen and oxygen atoms in total. The molecule has 118 valence electrons. The first-order valence-corrected chi connectivity index (χ1v) is 8.02. The van der Waals surface area contributed by atoms with Crippen LogP contribution in [0.5, 0.6) is 0 Å². The Kier molecular flexibility index (Phi) is 5.07. The normalized spacial score (nSPS) is 24.2. The minimum absolute atomic E-state index is 0.0623. The van der Waals surface area contributed by atoms with Gasteiger partial charge in [0.1, 0.15) is 0 Å². The van der Waals surface area contributed by atoms with Crippen LogP contribution in [0.1, 0.15) is 57.7 Å². The third kappa shape index (κ3) is 4.53. The standard InChI is InChI=1S/C18H30N2O/c1-13(2)15-6-8-16(9-7-15)17(19)11-20-10-14(3)21-18(4,5)12-20/h6-9,13-14,17H,10-12,19H2,1-5H3. The molecule has 2 N–H and O–H groups in total. The van der Waals surface area contributed by atoms with Crippen molar-refractivity contribution in [3.8, 4) is 0 Å². The smallest absolute Gasteiger partial charge is 0.0757 e. The van der Waals surface area contributed by atoms with Gasteiger partial charge in [-0.2, -0.15) is 0 Å². The Morgan fingerprint density at radius 3 is 2.33 bits per heavy atom. The van der Waals surface area contributed by atoms with Crippen molar-refractivity contribution in [1.29, 1.82) is 0 Å². The topological polar surface area (TPSA) is 38.5 Å². The van der Waals surface area contributed by atoms with E-state index in [1.165, 1.54) is 11.1 Å². The highest BCUT2D eigenvalue weighted by Gasteiger charge is 2.31. The van der Waals surface area contributed by atoms with Crippen molar-refractivity contribution in [1.82, 2.24) is 4.90 Å². The molecule has 1 aliphatic rings. The summed E-state index contributed by atoms with van der Waals surface area (Å²) < 4.78 is 5.95. The van der Waals surface area contributed by atoms with E-state index in [9.17, 15) is 0 Å². The van der Waals surface area contributed by atoms with E-state index in [1.54, 1.807) is 0 Å². The van der Waals surface area contributed by atoms with Crippen molar-refractivity contribution in [3.63, 3.8) is 0 Å². The van der Waals surface area contributed by atoms with E-state index in [0.29, 0.717) is 5.92 Å². The van der Waals surface area contributed by atoms with Crippen LogP contribution in [0.2, 0.25) is 0 Å². The van der Waals surface area contributed by atoms with Crippen molar-refractivity contribution in [3.05, 3.63) is 35.4 Å². The summed E-state index contributed by atoms with van der Waals surface area (Å²) in [7, 11) is 0. The fraction of sp³-hybridized carbons (Fsp3) is 0.667. The number of ether oxygens (including phenoxy) is 1. The zero-order chi connectivity index (χ0) is 15.6. The molecule has 1 aromatic carbocycles. The van der Waals surface area contributed by atoms with E-state index in [0.717, 1.165) is 19.6 Å². The second kappa shape index (κ2) is 6.47. The van der Waals surface area contributed by atoms with Crippen LogP contribution in [0.4, 0.5) is 0 Å². The van der Waals surface area contributed by atoms with Gasteiger partial charge >= 0.3 is 0 Å². The zero-order valence-electron chi connectivity index (χ0n) is 14.1. The molecule has 0 radical (unpaired) electrons. The van der Waals surface area contributed by atoms with E-state index >= 15 is 0 Å². The van der Waals surface area contributed by atoms with Crippen LogP contribution in [0.15, 0.2) is 24.3 Å². The van der Waals surface area contributed by atoms with Crippen molar-refractivity contribution in [2.75, 3.05) is 19.6 Å². The fourth-order valence-corrected chi connectivity index (χ4v) is 3.24. The SMILES string of the molecule is CC1CN(CC(N)c2ccc(C(C)C)cc2)CC(C)(C)O1. The van der Waals surface area contributed by atoms with Crippen molar-refractivity contribution < 1.29 is 4.74 Å². The van der Waals surface area contributed by atoms with Gasteiger partial charge in [0.25, 0.3) is 0 Å². The number of nitrogens with two attached hydrogens (primary N) is 1. The van der Waals surface area contributed by atoms with Crippen LogP contribution in [0, 0.1) is 0 Å². The lowest BCUT2D eigenvalue weighted by Gasteiger charge is -2.42. The minimum atomic E-state index is -0.0844. The molecule has 0 amide bonds. The number of hydrogen-bond donors (Lipinski definition) is 1. The number of benzene rings is 1. The Balaban J connectivity index is 1.99. The predicted octanol–water partition coefficient (Wildman–Crippen LogP) is 3.31. The first-order chi connectivity index (χ1) is 9.77. The summed E-state index contributed by atoms with van der Waals surface area (Å²) in [5.41, 5.74) is 8.91. The van der Waals surface area contributed by atoms with Gasteiger partial charge < -0.3 is 10.5 Å². The number of rotatable bonds is 4. The Morgan fingerprint density at radius 1 is 1.24 bits per heavy atom. The Labute approximate surface area is 129 Å². The van der Waals surface area contributed by atoms with Gasteiger partial charge in [-0.3, -0.25) is 4.90 Å². The van der Waals surface area contributed by atoms with Crippen LogP contribution in [0.3, 0.4) is 0 Å².